The summed E-state index contributed by atoms with van der Waals surface area (Å²) >= 11 is 0. The molecule has 0 spiro atoms. The molecule has 3 heteroatoms. The molecule has 3 nitrogen and oxygen atoms in total. The molecule has 0 aliphatic heterocycles. The van der Waals surface area contributed by atoms with E-state index in [1.165, 1.54) is 37.7 Å². The number of carbonyl (C=O) groups is 1. The lowest BCUT2D eigenvalue weighted by Crippen LogP contribution is -2.64. The van der Waals surface area contributed by atoms with Crippen LogP contribution < -0.4 is 5.73 Å². The third-order valence-corrected chi connectivity index (χ3v) is 12.8. The Morgan fingerprint density at radius 2 is 1.53 bits per heavy atom. The second-order valence-corrected chi connectivity index (χ2v) is 14.0. The molecule has 0 bridgehead atoms. The second kappa shape index (κ2) is 7.09. The van der Waals surface area contributed by atoms with E-state index in [-0.39, 0.29) is 5.41 Å². The van der Waals surface area contributed by atoms with Crippen molar-refractivity contribution in [1.82, 2.24) is 0 Å². The highest BCUT2D eigenvalue weighted by atomic mass is 16.4. The summed E-state index contributed by atoms with van der Waals surface area (Å²) in [7, 11) is 0. The smallest absolute Gasteiger partial charge is 0.309 e. The van der Waals surface area contributed by atoms with Crippen LogP contribution in [0, 0.1) is 57.2 Å². The second-order valence-electron chi connectivity index (χ2n) is 14.0. The van der Waals surface area contributed by atoms with E-state index >= 15 is 0 Å². The predicted octanol–water partition coefficient (Wildman–Crippen LogP) is 6.67. The fourth-order valence-electron chi connectivity index (χ4n) is 11.2. The van der Waals surface area contributed by atoms with Crippen LogP contribution in [-0.2, 0) is 4.79 Å². The average molecular weight is 442 g/mol. The van der Waals surface area contributed by atoms with Gasteiger partial charge in [-0.05, 0) is 123 Å². The Balaban J connectivity index is 1.52. The van der Waals surface area contributed by atoms with Crippen molar-refractivity contribution in [3.05, 3.63) is 12.2 Å². The van der Waals surface area contributed by atoms with Gasteiger partial charge in [-0.2, -0.15) is 0 Å². The van der Waals surface area contributed by atoms with E-state index in [1.807, 2.05) is 0 Å². The molecule has 0 aromatic heterocycles. The molecule has 5 unspecified atom stereocenters. The molecule has 5 saturated carbocycles. The summed E-state index contributed by atoms with van der Waals surface area (Å²) in [5, 5.41) is 10.4. The highest BCUT2D eigenvalue weighted by molar-refractivity contribution is 5.76. The Hall–Kier alpha value is -0.830. The van der Waals surface area contributed by atoms with Crippen molar-refractivity contribution in [2.75, 3.05) is 0 Å². The van der Waals surface area contributed by atoms with Crippen molar-refractivity contribution >= 4 is 5.97 Å². The van der Waals surface area contributed by atoms with E-state index in [2.05, 4.69) is 41.2 Å². The van der Waals surface area contributed by atoms with Gasteiger partial charge in [0.25, 0.3) is 0 Å². The zero-order chi connectivity index (χ0) is 23.3. The molecule has 5 aliphatic carbocycles. The van der Waals surface area contributed by atoms with Crippen molar-refractivity contribution < 1.29 is 9.90 Å². The largest absolute Gasteiger partial charge is 0.481 e. The number of hydrogen-bond acceptors (Lipinski definition) is 2. The Labute approximate surface area is 196 Å². The summed E-state index contributed by atoms with van der Waals surface area (Å²) in [6, 6.07) is 0.321. The first kappa shape index (κ1) is 22.9. The summed E-state index contributed by atoms with van der Waals surface area (Å²) in [4.78, 5) is 12.7. The fraction of sp³-hybridized carbons (Fsp3) is 0.897. The minimum atomic E-state index is -0.518. The molecule has 10 atom stereocenters. The topological polar surface area (TPSA) is 63.3 Å². The van der Waals surface area contributed by atoms with E-state index in [0.717, 1.165) is 38.0 Å². The van der Waals surface area contributed by atoms with Crippen LogP contribution in [0.1, 0.15) is 98.8 Å². The molecule has 0 aromatic carbocycles. The SMILES string of the molecule is C=C(C)[C@@H]1CC[C@]2(C(=O)O)CCC3C(CCC4[C@@]3(C)CCC3C(C)(C)[C@@H](N)CC[C@@]34C)C12. The first-order valence-electron chi connectivity index (χ1n) is 13.5. The van der Waals surface area contributed by atoms with E-state index in [0.29, 0.717) is 46.5 Å². The molecule has 0 radical (unpaired) electrons. The van der Waals surface area contributed by atoms with Crippen LogP contribution in [0.3, 0.4) is 0 Å². The lowest BCUT2D eigenvalue weighted by molar-refractivity contribution is -0.204. The van der Waals surface area contributed by atoms with Gasteiger partial charge in [0.1, 0.15) is 0 Å². The van der Waals surface area contributed by atoms with E-state index in [4.69, 9.17) is 5.73 Å². The number of nitrogens with two attached hydrogens (primary N) is 1. The average Bonchev–Trinajstić information content (AvgIpc) is 3.12. The van der Waals surface area contributed by atoms with Crippen LogP contribution in [0.4, 0.5) is 0 Å². The molecule has 180 valence electrons. The summed E-state index contributed by atoms with van der Waals surface area (Å²) in [6.45, 7) is 16.6. The molecule has 5 fully saturated rings. The number of carboxylic acids is 1. The van der Waals surface area contributed by atoms with Gasteiger partial charge >= 0.3 is 5.97 Å². The first-order valence-corrected chi connectivity index (χ1v) is 13.5. The maximum atomic E-state index is 12.7. The number of allylic oxidation sites excluding steroid dienone is 1. The summed E-state index contributed by atoms with van der Waals surface area (Å²) in [6.07, 6.45) is 11.4. The normalized spacial score (nSPS) is 54.0. The van der Waals surface area contributed by atoms with Crippen molar-refractivity contribution in [3.63, 3.8) is 0 Å². The standard InChI is InChI=1S/C29H47NO2/c1-17(2)18-9-15-29(25(31)32)16-10-20-19(24(18)29)7-8-22-27(20,5)13-11-21-26(3,4)23(30)12-14-28(21,22)6/h18-24H,1,7-16,30H2,2-6H3,(H,31,32)/t18-,19?,20?,21?,22?,23-,24?,27-,28-,29-/m0/s1. The van der Waals surface area contributed by atoms with E-state index in [1.54, 1.807) is 0 Å². The quantitative estimate of drug-likeness (QED) is 0.471. The van der Waals surface area contributed by atoms with E-state index < -0.39 is 11.4 Å². The van der Waals surface area contributed by atoms with Crippen molar-refractivity contribution in [2.45, 2.75) is 105 Å². The maximum Gasteiger partial charge on any atom is 0.309 e. The minimum Gasteiger partial charge on any atom is -0.481 e. The van der Waals surface area contributed by atoms with Crippen LogP contribution in [-0.4, -0.2) is 17.1 Å². The fourth-order valence-corrected chi connectivity index (χ4v) is 11.2. The van der Waals surface area contributed by atoms with Gasteiger partial charge in [0, 0.05) is 6.04 Å². The van der Waals surface area contributed by atoms with Crippen molar-refractivity contribution in [1.29, 1.82) is 0 Å². The van der Waals surface area contributed by atoms with Gasteiger partial charge in [0.05, 0.1) is 5.41 Å². The first-order chi connectivity index (χ1) is 14.9. The Kier molecular flexibility index (Phi) is 5.08. The molecular formula is C29H47NO2. The highest BCUT2D eigenvalue weighted by Gasteiger charge is 2.68. The van der Waals surface area contributed by atoms with Gasteiger partial charge in [-0.15, -0.1) is 0 Å². The molecule has 0 amide bonds. The third-order valence-electron chi connectivity index (χ3n) is 12.8. The number of hydrogen-bond donors (Lipinski definition) is 2. The number of aliphatic carboxylic acids is 1. The Bertz CT molecular complexity index is 818. The lowest BCUT2D eigenvalue weighted by atomic mass is 9.36. The van der Waals surface area contributed by atoms with Gasteiger partial charge in [-0.25, -0.2) is 0 Å². The summed E-state index contributed by atoms with van der Waals surface area (Å²) in [5.41, 5.74) is 8.34. The van der Waals surface area contributed by atoms with E-state index in [9.17, 15) is 9.90 Å². The minimum absolute atomic E-state index is 0.215. The zero-order valence-corrected chi connectivity index (χ0v) is 21.3. The number of carboxylic acid groups (broad SMARTS) is 1. The predicted molar refractivity (Wildman–Crippen MR) is 130 cm³/mol. The molecule has 0 aromatic rings. The number of fused-ring (bicyclic) bond motifs is 7. The lowest BCUT2D eigenvalue weighted by Gasteiger charge is -2.69. The molecule has 0 heterocycles. The highest BCUT2D eigenvalue weighted by Crippen LogP contribution is 2.73. The maximum absolute atomic E-state index is 12.7. The Morgan fingerprint density at radius 3 is 2.19 bits per heavy atom. The molecule has 5 aliphatic rings. The third kappa shape index (κ3) is 2.72. The van der Waals surface area contributed by atoms with Gasteiger partial charge < -0.3 is 10.8 Å². The number of rotatable bonds is 2. The van der Waals surface area contributed by atoms with Crippen molar-refractivity contribution in [2.24, 2.45) is 62.9 Å². The van der Waals surface area contributed by atoms with Crippen molar-refractivity contribution in [3.8, 4) is 0 Å². The Morgan fingerprint density at radius 1 is 0.875 bits per heavy atom. The molecular weight excluding hydrogens is 394 g/mol. The van der Waals surface area contributed by atoms with Crippen LogP contribution in [0.15, 0.2) is 12.2 Å². The molecule has 0 saturated heterocycles. The van der Waals surface area contributed by atoms with Gasteiger partial charge in [0.2, 0.25) is 0 Å². The van der Waals surface area contributed by atoms with Gasteiger partial charge in [-0.3, -0.25) is 4.79 Å². The van der Waals surface area contributed by atoms with Crippen LogP contribution in [0.25, 0.3) is 0 Å². The zero-order valence-electron chi connectivity index (χ0n) is 21.3. The van der Waals surface area contributed by atoms with Crippen LogP contribution >= 0.6 is 0 Å². The molecule has 32 heavy (non-hydrogen) atoms. The summed E-state index contributed by atoms with van der Waals surface area (Å²) in [5.74, 6) is 2.89. The van der Waals surface area contributed by atoms with Crippen LogP contribution in [0.5, 0.6) is 0 Å². The summed E-state index contributed by atoms with van der Waals surface area (Å²) < 4.78 is 0. The van der Waals surface area contributed by atoms with Gasteiger partial charge in [-0.1, -0.05) is 39.8 Å². The molecule has 3 N–H and O–H groups in total. The van der Waals surface area contributed by atoms with Gasteiger partial charge in [0.15, 0.2) is 0 Å². The van der Waals surface area contributed by atoms with Crippen LogP contribution in [0.2, 0.25) is 0 Å². The monoisotopic (exact) mass is 441 g/mol. The molecule has 5 rings (SSSR count).